The number of carbonyl (C=O) groups is 2. The van der Waals surface area contributed by atoms with Crippen LogP contribution < -0.4 is 24.8 Å². The molecule has 0 heterocycles. The monoisotopic (exact) mass is 420 g/mol. The van der Waals surface area contributed by atoms with E-state index >= 15 is 0 Å². The van der Waals surface area contributed by atoms with E-state index in [0.29, 0.717) is 11.3 Å². The molecule has 2 N–H and O–H groups in total. The summed E-state index contributed by atoms with van der Waals surface area (Å²) in [5.41, 5.74) is 0.696. The van der Waals surface area contributed by atoms with Crippen molar-refractivity contribution in [2.75, 3.05) is 27.3 Å². The fraction of sp³-hybridized carbons (Fsp3) is 0.238. The van der Waals surface area contributed by atoms with Gasteiger partial charge in [-0.15, -0.1) is 0 Å². The molecule has 0 atom stereocenters. The fourth-order valence-electron chi connectivity index (χ4n) is 2.49. The van der Waals surface area contributed by atoms with Crippen molar-refractivity contribution in [2.24, 2.45) is 0 Å². The van der Waals surface area contributed by atoms with Crippen LogP contribution in [0.4, 0.5) is 8.78 Å². The van der Waals surface area contributed by atoms with Crippen LogP contribution in [0, 0.1) is 0 Å². The van der Waals surface area contributed by atoms with Crippen LogP contribution in [-0.4, -0.2) is 45.7 Å². The molecule has 2 aromatic rings. The topological polar surface area (TPSA) is 85.9 Å². The molecule has 2 rings (SSSR count). The van der Waals surface area contributed by atoms with Crippen molar-refractivity contribution in [3.63, 3.8) is 0 Å². The molecular formula is C21H22F2N2O5. The Morgan fingerprint density at radius 3 is 2.47 bits per heavy atom. The first-order chi connectivity index (χ1) is 14.4. The second-order valence-electron chi connectivity index (χ2n) is 5.87. The first-order valence-corrected chi connectivity index (χ1v) is 8.94. The van der Waals surface area contributed by atoms with Gasteiger partial charge in [-0.2, -0.15) is 8.78 Å². The lowest BCUT2D eigenvalue weighted by Crippen LogP contribution is -2.34. The van der Waals surface area contributed by atoms with Gasteiger partial charge in [-0.05, 0) is 30.3 Å². The van der Waals surface area contributed by atoms with Crippen molar-refractivity contribution in [3.05, 3.63) is 59.7 Å². The van der Waals surface area contributed by atoms with Crippen molar-refractivity contribution in [2.45, 2.75) is 6.61 Å². The molecule has 0 saturated carbocycles. The lowest BCUT2D eigenvalue weighted by atomic mass is 10.1. The Kier molecular flexibility index (Phi) is 8.61. The highest BCUT2D eigenvalue weighted by Gasteiger charge is 2.14. The van der Waals surface area contributed by atoms with E-state index < -0.39 is 12.5 Å². The summed E-state index contributed by atoms with van der Waals surface area (Å²) in [6, 6.07) is 11.2. The Morgan fingerprint density at radius 2 is 1.77 bits per heavy atom. The Labute approximate surface area is 172 Å². The maximum atomic E-state index is 12.6. The van der Waals surface area contributed by atoms with Crippen LogP contribution in [0.15, 0.2) is 48.5 Å². The summed E-state index contributed by atoms with van der Waals surface area (Å²) in [5, 5.41) is 5.26. The zero-order chi connectivity index (χ0) is 21.9. The quantitative estimate of drug-likeness (QED) is 0.456. The highest BCUT2D eigenvalue weighted by Crippen LogP contribution is 2.33. The molecule has 9 heteroatoms. The average Bonchev–Trinajstić information content (AvgIpc) is 2.75. The summed E-state index contributed by atoms with van der Waals surface area (Å²) in [4.78, 5) is 24.0. The number of halogens is 2. The van der Waals surface area contributed by atoms with E-state index in [0.717, 1.165) is 0 Å². The van der Waals surface area contributed by atoms with Crippen LogP contribution in [0.3, 0.4) is 0 Å². The van der Waals surface area contributed by atoms with Crippen molar-refractivity contribution in [3.8, 4) is 17.2 Å². The SMILES string of the molecule is COc1cccc(C(=O)NCCNC(=O)C=Cc2cccc(OC)c2OC(F)F)c1. The third-order valence-electron chi connectivity index (χ3n) is 3.89. The van der Waals surface area contributed by atoms with E-state index in [2.05, 4.69) is 15.4 Å². The summed E-state index contributed by atoms with van der Waals surface area (Å²) in [5.74, 6) is -0.239. The molecule has 0 saturated heterocycles. The van der Waals surface area contributed by atoms with Gasteiger partial charge in [0.05, 0.1) is 14.2 Å². The Morgan fingerprint density at radius 1 is 1.03 bits per heavy atom. The molecule has 0 unspecified atom stereocenters. The van der Waals surface area contributed by atoms with Crippen molar-refractivity contribution in [1.29, 1.82) is 0 Å². The molecule has 0 radical (unpaired) electrons. The summed E-state index contributed by atoms with van der Waals surface area (Å²) in [6.07, 6.45) is 2.52. The van der Waals surface area contributed by atoms with Gasteiger partial charge in [-0.25, -0.2) is 0 Å². The molecule has 0 aromatic heterocycles. The maximum Gasteiger partial charge on any atom is 0.387 e. The van der Waals surface area contributed by atoms with Crippen LogP contribution in [0.1, 0.15) is 15.9 Å². The highest BCUT2D eigenvalue weighted by atomic mass is 19.3. The van der Waals surface area contributed by atoms with E-state index in [1.165, 1.54) is 38.5 Å². The van der Waals surface area contributed by atoms with Crippen LogP contribution in [0.25, 0.3) is 6.08 Å². The van der Waals surface area contributed by atoms with Gasteiger partial charge in [0.2, 0.25) is 5.91 Å². The standard InChI is InChI=1S/C21H22F2N2O5/c1-28-16-7-3-6-15(13-16)20(27)25-12-11-24-18(26)10-9-14-5-4-8-17(29-2)19(14)30-21(22)23/h3-10,13,21H,11-12H2,1-2H3,(H,24,26)(H,25,27). The Bertz CT molecular complexity index is 903. The van der Waals surface area contributed by atoms with E-state index in [1.807, 2.05) is 0 Å². The number of hydrogen-bond acceptors (Lipinski definition) is 5. The minimum Gasteiger partial charge on any atom is -0.497 e. The number of methoxy groups -OCH3 is 2. The predicted molar refractivity (Wildman–Crippen MR) is 107 cm³/mol. The van der Waals surface area contributed by atoms with Crippen molar-refractivity contribution >= 4 is 17.9 Å². The second-order valence-corrected chi connectivity index (χ2v) is 5.87. The highest BCUT2D eigenvalue weighted by molar-refractivity contribution is 5.95. The zero-order valence-corrected chi connectivity index (χ0v) is 16.5. The molecule has 0 aliphatic rings. The zero-order valence-electron chi connectivity index (χ0n) is 16.5. The minimum atomic E-state index is -3.03. The molecule has 7 nitrogen and oxygen atoms in total. The van der Waals surface area contributed by atoms with Gasteiger partial charge in [0.1, 0.15) is 5.75 Å². The smallest absolute Gasteiger partial charge is 0.387 e. The van der Waals surface area contributed by atoms with Gasteiger partial charge < -0.3 is 24.8 Å². The van der Waals surface area contributed by atoms with Crippen LogP contribution in [0.5, 0.6) is 17.2 Å². The second kappa shape index (κ2) is 11.4. The van der Waals surface area contributed by atoms with Crippen LogP contribution >= 0.6 is 0 Å². The number of para-hydroxylation sites is 1. The van der Waals surface area contributed by atoms with Gasteiger partial charge in [-0.3, -0.25) is 9.59 Å². The molecule has 0 fully saturated rings. The van der Waals surface area contributed by atoms with E-state index in [4.69, 9.17) is 9.47 Å². The molecule has 2 aromatic carbocycles. The molecule has 0 aliphatic heterocycles. The molecular weight excluding hydrogens is 398 g/mol. The minimum absolute atomic E-state index is 0.123. The van der Waals surface area contributed by atoms with E-state index in [1.54, 1.807) is 30.3 Å². The fourth-order valence-corrected chi connectivity index (χ4v) is 2.49. The summed E-state index contributed by atoms with van der Waals surface area (Å²) < 4.78 is 39.8. The Balaban J connectivity index is 1.86. The number of ether oxygens (including phenoxy) is 3. The number of benzene rings is 2. The third-order valence-corrected chi connectivity index (χ3v) is 3.89. The van der Waals surface area contributed by atoms with Gasteiger partial charge in [0.25, 0.3) is 5.91 Å². The number of carbonyl (C=O) groups excluding carboxylic acids is 2. The predicted octanol–water partition coefficient (Wildman–Crippen LogP) is 2.86. The first kappa shape index (κ1) is 22.7. The summed E-state index contributed by atoms with van der Waals surface area (Å²) >= 11 is 0. The molecule has 160 valence electrons. The van der Waals surface area contributed by atoms with Crippen LogP contribution in [0.2, 0.25) is 0 Å². The van der Waals surface area contributed by atoms with Gasteiger partial charge in [0, 0.05) is 30.3 Å². The number of amides is 2. The van der Waals surface area contributed by atoms with E-state index in [-0.39, 0.29) is 36.1 Å². The van der Waals surface area contributed by atoms with Gasteiger partial charge in [0.15, 0.2) is 11.5 Å². The molecule has 2 amide bonds. The number of nitrogens with one attached hydrogen (secondary N) is 2. The van der Waals surface area contributed by atoms with E-state index in [9.17, 15) is 18.4 Å². The summed E-state index contributed by atoms with van der Waals surface area (Å²) in [7, 11) is 2.84. The van der Waals surface area contributed by atoms with Gasteiger partial charge >= 0.3 is 6.61 Å². The number of rotatable bonds is 10. The summed E-state index contributed by atoms with van der Waals surface area (Å²) in [6.45, 7) is -2.65. The first-order valence-electron chi connectivity index (χ1n) is 8.94. The van der Waals surface area contributed by atoms with Gasteiger partial charge in [-0.1, -0.05) is 18.2 Å². The van der Waals surface area contributed by atoms with Crippen LogP contribution in [-0.2, 0) is 4.79 Å². The molecule has 30 heavy (non-hydrogen) atoms. The molecule has 0 bridgehead atoms. The lowest BCUT2D eigenvalue weighted by molar-refractivity contribution is -0.116. The number of alkyl halides is 2. The van der Waals surface area contributed by atoms with Crippen molar-refractivity contribution in [1.82, 2.24) is 10.6 Å². The van der Waals surface area contributed by atoms with Crippen molar-refractivity contribution < 1.29 is 32.6 Å². The number of hydrogen-bond donors (Lipinski definition) is 2. The molecule has 0 aliphatic carbocycles. The average molecular weight is 420 g/mol. The Hall–Kier alpha value is -3.62. The molecule has 0 spiro atoms. The normalized spacial score (nSPS) is 10.7. The maximum absolute atomic E-state index is 12.6. The third kappa shape index (κ3) is 6.77. The lowest BCUT2D eigenvalue weighted by Gasteiger charge is -2.12. The largest absolute Gasteiger partial charge is 0.497 e.